The third-order valence-corrected chi connectivity index (χ3v) is 6.56. The summed E-state index contributed by atoms with van der Waals surface area (Å²) in [6.45, 7) is 7.24. The average molecular weight is 477 g/mol. The van der Waals surface area contributed by atoms with Crippen LogP contribution < -0.4 is 15.0 Å². The smallest absolute Gasteiger partial charge is 0.310 e. The van der Waals surface area contributed by atoms with Gasteiger partial charge in [0.1, 0.15) is 12.4 Å². The molecule has 4 rings (SSSR count). The number of nitrogens with zero attached hydrogens (tertiary/aromatic N) is 1. The van der Waals surface area contributed by atoms with Crippen molar-refractivity contribution >= 4 is 22.4 Å². The molecule has 3 aromatic rings. The number of hydrogen-bond donors (Lipinski definition) is 1. The second kappa shape index (κ2) is 12.0. The molecule has 0 bridgehead atoms. The molecule has 0 unspecified atom stereocenters. The van der Waals surface area contributed by atoms with Gasteiger partial charge in [-0.1, -0.05) is 42.5 Å². The maximum Gasteiger partial charge on any atom is 0.310 e. The van der Waals surface area contributed by atoms with E-state index >= 15 is 0 Å². The molecule has 1 fully saturated rings. The van der Waals surface area contributed by atoms with Gasteiger partial charge in [0.15, 0.2) is 0 Å². The van der Waals surface area contributed by atoms with Crippen LogP contribution in [0.2, 0.25) is 0 Å². The molecule has 0 spiro atoms. The van der Waals surface area contributed by atoms with Gasteiger partial charge in [0.05, 0.1) is 19.6 Å². The maximum absolute atomic E-state index is 12.2. The molecule has 0 radical (unpaired) electrons. The molecule has 186 valence electrons. The highest BCUT2D eigenvalue weighted by molar-refractivity contribution is 5.86. The summed E-state index contributed by atoms with van der Waals surface area (Å²) >= 11 is 0. The molecule has 1 aliphatic rings. The van der Waals surface area contributed by atoms with Crippen LogP contribution in [-0.4, -0.2) is 52.0 Å². The number of carbonyl (C=O) groups is 1. The van der Waals surface area contributed by atoms with Gasteiger partial charge in [0.25, 0.3) is 0 Å². The van der Waals surface area contributed by atoms with E-state index in [1.165, 1.54) is 16.3 Å². The third kappa shape index (κ3) is 6.32. The lowest BCUT2D eigenvalue weighted by molar-refractivity contribution is -0.142. The molecule has 1 heterocycles. The van der Waals surface area contributed by atoms with Crippen molar-refractivity contribution in [1.82, 2.24) is 5.32 Å². The Kier molecular flexibility index (Phi) is 8.61. The van der Waals surface area contributed by atoms with Gasteiger partial charge in [-0.25, -0.2) is 0 Å². The monoisotopic (exact) mass is 476 g/mol. The number of hydrogen-bond acceptors (Lipinski definition) is 6. The van der Waals surface area contributed by atoms with Crippen LogP contribution in [0.15, 0.2) is 60.7 Å². The Bertz CT molecular complexity index is 1130. The van der Waals surface area contributed by atoms with Crippen molar-refractivity contribution in [3.05, 3.63) is 71.8 Å². The molecule has 3 aromatic carbocycles. The minimum absolute atomic E-state index is 0.192. The average Bonchev–Trinajstić information content (AvgIpc) is 3.33. The van der Waals surface area contributed by atoms with Crippen LogP contribution in [0.1, 0.15) is 37.4 Å². The number of ether oxygens (including phenoxy) is 3. The topological polar surface area (TPSA) is 60.0 Å². The van der Waals surface area contributed by atoms with E-state index in [0.717, 1.165) is 30.8 Å². The van der Waals surface area contributed by atoms with Gasteiger partial charge in [-0.05, 0) is 54.8 Å². The summed E-state index contributed by atoms with van der Waals surface area (Å²) in [4.78, 5) is 14.6. The van der Waals surface area contributed by atoms with Gasteiger partial charge in [-0.2, -0.15) is 0 Å². The largest absolute Gasteiger partial charge is 0.491 e. The van der Waals surface area contributed by atoms with Crippen molar-refractivity contribution in [3.8, 4) is 5.75 Å². The van der Waals surface area contributed by atoms with Crippen LogP contribution in [0.25, 0.3) is 10.8 Å². The molecule has 0 amide bonds. The van der Waals surface area contributed by atoms with Gasteiger partial charge in [-0.3, -0.25) is 4.79 Å². The Morgan fingerprint density at radius 2 is 1.94 bits per heavy atom. The zero-order chi connectivity index (χ0) is 24.6. The highest BCUT2D eigenvalue weighted by Crippen LogP contribution is 2.30. The van der Waals surface area contributed by atoms with Crippen LogP contribution in [0, 0.1) is 0 Å². The van der Waals surface area contributed by atoms with Crippen LogP contribution in [0.3, 0.4) is 0 Å². The van der Waals surface area contributed by atoms with E-state index in [2.05, 4.69) is 71.7 Å². The van der Waals surface area contributed by atoms with E-state index in [1.54, 1.807) is 7.11 Å². The van der Waals surface area contributed by atoms with Crippen LogP contribution in [0.5, 0.6) is 5.75 Å². The maximum atomic E-state index is 12.2. The predicted molar refractivity (Wildman–Crippen MR) is 140 cm³/mol. The lowest BCUT2D eigenvalue weighted by atomic mass is 9.99. The number of carbonyl (C=O) groups excluding carboxylic acids is 1. The van der Waals surface area contributed by atoms with Crippen LogP contribution in [-0.2, 0) is 20.7 Å². The summed E-state index contributed by atoms with van der Waals surface area (Å²) in [6, 6.07) is 21.8. The standard InChI is InChI=1S/C29H36N2O4/c1-4-34-29(32)19-23-18-25(12-13-28(23)35-17-16-33-3)31-15-14-24(20-31)30-21(2)26-11-7-9-22-8-5-6-10-27(22)26/h5-13,18,21,24,30H,4,14-17,19-20H2,1-3H3/t21-,24+/m1/s1. The molecule has 35 heavy (non-hydrogen) atoms. The minimum Gasteiger partial charge on any atom is -0.491 e. The number of esters is 1. The molecule has 1 saturated heterocycles. The number of methoxy groups -OCH3 is 1. The first-order valence-corrected chi connectivity index (χ1v) is 12.5. The molecule has 6 nitrogen and oxygen atoms in total. The molecule has 6 heteroatoms. The Morgan fingerprint density at radius 3 is 2.77 bits per heavy atom. The molecule has 1 aliphatic heterocycles. The normalized spacial score (nSPS) is 16.4. The summed E-state index contributed by atoms with van der Waals surface area (Å²) in [5.41, 5.74) is 3.28. The number of fused-ring (bicyclic) bond motifs is 1. The second-order valence-corrected chi connectivity index (χ2v) is 9.00. The van der Waals surface area contributed by atoms with E-state index in [0.29, 0.717) is 31.6 Å². The molecular formula is C29H36N2O4. The molecule has 1 N–H and O–H groups in total. The van der Waals surface area contributed by atoms with Crippen LogP contribution in [0.4, 0.5) is 5.69 Å². The van der Waals surface area contributed by atoms with Crippen LogP contribution >= 0.6 is 0 Å². The van der Waals surface area contributed by atoms with E-state index < -0.39 is 0 Å². The third-order valence-electron chi connectivity index (χ3n) is 6.56. The summed E-state index contributed by atoms with van der Waals surface area (Å²) in [7, 11) is 1.64. The lowest BCUT2D eigenvalue weighted by Gasteiger charge is -2.23. The van der Waals surface area contributed by atoms with Crippen molar-refractivity contribution in [2.75, 3.05) is 44.9 Å². The minimum atomic E-state index is -0.244. The number of rotatable bonds is 11. The fraction of sp³-hybridized carbons (Fsp3) is 0.414. The highest BCUT2D eigenvalue weighted by atomic mass is 16.5. The Hall–Kier alpha value is -3.09. The van der Waals surface area contributed by atoms with Crippen molar-refractivity contribution in [2.45, 2.75) is 38.8 Å². The SMILES string of the molecule is CCOC(=O)Cc1cc(N2CC[C@H](N[C@H](C)c3cccc4ccccc34)C2)ccc1OCCOC. The fourth-order valence-electron chi connectivity index (χ4n) is 4.85. The molecule has 0 saturated carbocycles. The number of nitrogens with one attached hydrogen (secondary N) is 1. The highest BCUT2D eigenvalue weighted by Gasteiger charge is 2.25. The summed E-state index contributed by atoms with van der Waals surface area (Å²) in [6.07, 6.45) is 1.26. The fourth-order valence-corrected chi connectivity index (χ4v) is 4.85. The zero-order valence-electron chi connectivity index (χ0n) is 21.0. The molecule has 0 aliphatic carbocycles. The van der Waals surface area contributed by atoms with E-state index in [1.807, 2.05) is 13.0 Å². The van der Waals surface area contributed by atoms with Gasteiger partial charge in [0, 0.05) is 43.5 Å². The molecular weight excluding hydrogens is 440 g/mol. The van der Waals surface area contributed by atoms with Crippen molar-refractivity contribution in [3.63, 3.8) is 0 Å². The predicted octanol–water partition coefficient (Wildman–Crippen LogP) is 4.90. The number of benzene rings is 3. The summed E-state index contributed by atoms with van der Waals surface area (Å²) in [5, 5.41) is 6.42. The molecule has 0 aromatic heterocycles. The van der Waals surface area contributed by atoms with Gasteiger partial charge in [-0.15, -0.1) is 0 Å². The Labute approximate surface area is 208 Å². The summed E-state index contributed by atoms with van der Waals surface area (Å²) < 4.78 is 16.1. The van der Waals surface area contributed by atoms with Gasteiger partial charge < -0.3 is 24.4 Å². The van der Waals surface area contributed by atoms with Crippen molar-refractivity contribution < 1.29 is 19.0 Å². The van der Waals surface area contributed by atoms with E-state index in [9.17, 15) is 4.79 Å². The Morgan fingerprint density at radius 1 is 1.11 bits per heavy atom. The second-order valence-electron chi connectivity index (χ2n) is 9.00. The van der Waals surface area contributed by atoms with Crippen molar-refractivity contribution in [1.29, 1.82) is 0 Å². The van der Waals surface area contributed by atoms with Gasteiger partial charge >= 0.3 is 5.97 Å². The first kappa shape index (κ1) is 25.0. The quantitative estimate of drug-likeness (QED) is 0.314. The Balaban J connectivity index is 1.44. The first-order valence-electron chi connectivity index (χ1n) is 12.5. The van der Waals surface area contributed by atoms with E-state index in [4.69, 9.17) is 14.2 Å². The summed E-state index contributed by atoms with van der Waals surface area (Å²) in [5.74, 6) is 0.462. The lowest BCUT2D eigenvalue weighted by Crippen LogP contribution is -2.34. The van der Waals surface area contributed by atoms with E-state index in [-0.39, 0.29) is 18.4 Å². The molecule has 2 atom stereocenters. The van der Waals surface area contributed by atoms with Gasteiger partial charge in [0.2, 0.25) is 0 Å². The first-order chi connectivity index (χ1) is 17.1. The van der Waals surface area contributed by atoms with Crippen molar-refractivity contribution in [2.24, 2.45) is 0 Å². The number of anilines is 1. The zero-order valence-corrected chi connectivity index (χ0v) is 21.0.